The van der Waals surface area contributed by atoms with Gasteiger partial charge >= 0.3 is 6.03 Å². The number of urea groups is 1. The monoisotopic (exact) mass is 268 g/mol. The maximum atomic E-state index is 11.7. The smallest absolute Gasteiger partial charge is 0.319 e. The summed E-state index contributed by atoms with van der Waals surface area (Å²) in [5, 5.41) is 15.7. The molecule has 18 heavy (non-hydrogen) atoms. The van der Waals surface area contributed by atoms with Gasteiger partial charge in [-0.1, -0.05) is 11.6 Å². The average Bonchev–Trinajstić information content (AvgIpc) is 2.35. The van der Waals surface area contributed by atoms with Gasteiger partial charge in [-0.25, -0.2) is 4.79 Å². The molecule has 2 rings (SSSR count). The van der Waals surface area contributed by atoms with E-state index in [4.69, 9.17) is 11.6 Å². The summed E-state index contributed by atoms with van der Waals surface area (Å²) < 4.78 is 0. The number of hydrogen-bond donors (Lipinski definition) is 3. The molecule has 5 heteroatoms. The van der Waals surface area contributed by atoms with Crippen LogP contribution in [-0.2, 0) is 0 Å². The number of aliphatic hydroxyl groups is 1. The Labute approximate surface area is 111 Å². The summed E-state index contributed by atoms with van der Waals surface area (Å²) >= 11 is 5.77. The highest BCUT2D eigenvalue weighted by Crippen LogP contribution is 2.18. The van der Waals surface area contributed by atoms with E-state index in [0.717, 1.165) is 25.7 Å². The largest absolute Gasteiger partial charge is 0.393 e. The Balaban J connectivity index is 1.80. The van der Waals surface area contributed by atoms with Crippen molar-refractivity contribution in [1.82, 2.24) is 5.32 Å². The molecule has 0 unspecified atom stereocenters. The lowest BCUT2D eigenvalue weighted by Crippen LogP contribution is -2.40. The Morgan fingerprint density at radius 3 is 2.39 bits per heavy atom. The van der Waals surface area contributed by atoms with Crippen molar-refractivity contribution >= 4 is 23.3 Å². The molecule has 0 aromatic heterocycles. The van der Waals surface area contributed by atoms with Crippen LogP contribution in [0, 0.1) is 0 Å². The molecule has 1 saturated carbocycles. The molecule has 1 fully saturated rings. The van der Waals surface area contributed by atoms with Gasteiger partial charge in [0.05, 0.1) is 6.10 Å². The highest BCUT2D eigenvalue weighted by atomic mass is 35.5. The highest BCUT2D eigenvalue weighted by Gasteiger charge is 2.20. The van der Waals surface area contributed by atoms with E-state index in [0.29, 0.717) is 10.7 Å². The van der Waals surface area contributed by atoms with Gasteiger partial charge < -0.3 is 15.7 Å². The molecule has 1 aliphatic carbocycles. The SMILES string of the molecule is O=C(Nc1ccc(Cl)cc1)N[C@H]1CC[C@H](O)CC1. The molecule has 0 aliphatic heterocycles. The number of aliphatic hydroxyl groups excluding tert-OH is 1. The predicted molar refractivity (Wildman–Crippen MR) is 71.9 cm³/mol. The van der Waals surface area contributed by atoms with Gasteiger partial charge in [0.1, 0.15) is 0 Å². The molecule has 0 radical (unpaired) electrons. The van der Waals surface area contributed by atoms with E-state index in [9.17, 15) is 9.90 Å². The molecule has 98 valence electrons. The number of halogens is 1. The minimum atomic E-state index is -0.210. The Hall–Kier alpha value is -1.26. The summed E-state index contributed by atoms with van der Waals surface area (Å²) in [6.07, 6.45) is 2.96. The third-order valence-electron chi connectivity index (χ3n) is 3.13. The van der Waals surface area contributed by atoms with E-state index in [2.05, 4.69) is 10.6 Å². The van der Waals surface area contributed by atoms with Crippen molar-refractivity contribution < 1.29 is 9.90 Å². The Morgan fingerprint density at radius 2 is 1.78 bits per heavy atom. The summed E-state index contributed by atoms with van der Waals surface area (Å²) in [5.41, 5.74) is 0.716. The van der Waals surface area contributed by atoms with Gasteiger partial charge in [0.2, 0.25) is 0 Å². The Kier molecular flexibility index (Phi) is 4.44. The number of benzene rings is 1. The molecule has 3 N–H and O–H groups in total. The summed E-state index contributed by atoms with van der Waals surface area (Å²) in [7, 11) is 0. The number of nitrogens with one attached hydrogen (secondary N) is 2. The van der Waals surface area contributed by atoms with Crippen LogP contribution in [0.5, 0.6) is 0 Å². The third-order valence-corrected chi connectivity index (χ3v) is 3.39. The summed E-state index contributed by atoms with van der Waals surface area (Å²) in [6, 6.07) is 6.92. The number of carbonyl (C=O) groups is 1. The molecule has 0 spiro atoms. The summed E-state index contributed by atoms with van der Waals surface area (Å²) in [5.74, 6) is 0. The van der Waals surface area contributed by atoms with Crippen LogP contribution < -0.4 is 10.6 Å². The lowest BCUT2D eigenvalue weighted by atomic mass is 9.93. The van der Waals surface area contributed by atoms with Gasteiger partial charge in [0.25, 0.3) is 0 Å². The van der Waals surface area contributed by atoms with Crippen LogP contribution in [0.1, 0.15) is 25.7 Å². The van der Waals surface area contributed by atoms with Crippen molar-refractivity contribution in [3.05, 3.63) is 29.3 Å². The second-order valence-electron chi connectivity index (χ2n) is 4.61. The first-order valence-corrected chi connectivity index (χ1v) is 6.52. The first kappa shape index (κ1) is 13.2. The van der Waals surface area contributed by atoms with Crippen molar-refractivity contribution in [2.45, 2.75) is 37.8 Å². The topological polar surface area (TPSA) is 61.4 Å². The number of hydrogen-bond acceptors (Lipinski definition) is 2. The highest BCUT2D eigenvalue weighted by molar-refractivity contribution is 6.30. The normalized spacial score (nSPS) is 23.4. The minimum Gasteiger partial charge on any atom is -0.393 e. The first-order valence-electron chi connectivity index (χ1n) is 6.14. The van der Waals surface area contributed by atoms with E-state index in [1.54, 1.807) is 24.3 Å². The first-order chi connectivity index (χ1) is 8.63. The standard InChI is InChI=1S/C13H17ClN2O2/c14-9-1-3-10(4-2-9)15-13(18)16-11-5-7-12(17)8-6-11/h1-4,11-12,17H,5-8H2,(H2,15,16,18)/t11-,12-. The second-order valence-corrected chi connectivity index (χ2v) is 5.05. The van der Waals surface area contributed by atoms with Crippen LogP contribution >= 0.6 is 11.6 Å². The van der Waals surface area contributed by atoms with Crippen molar-refractivity contribution in [2.24, 2.45) is 0 Å². The van der Waals surface area contributed by atoms with Crippen LogP contribution in [-0.4, -0.2) is 23.3 Å². The van der Waals surface area contributed by atoms with Gasteiger partial charge in [-0.3, -0.25) is 0 Å². The lowest BCUT2D eigenvalue weighted by Gasteiger charge is -2.26. The number of amides is 2. The van der Waals surface area contributed by atoms with Gasteiger partial charge in [-0.15, -0.1) is 0 Å². The van der Waals surface area contributed by atoms with Gasteiger partial charge in [-0.05, 0) is 49.9 Å². The third kappa shape index (κ3) is 3.89. The zero-order chi connectivity index (χ0) is 13.0. The van der Waals surface area contributed by atoms with Crippen molar-refractivity contribution in [3.8, 4) is 0 Å². The van der Waals surface area contributed by atoms with Crippen molar-refractivity contribution in [1.29, 1.82) is 0 Å². The molecule has 0 saturated heterocycles. The summed E-state index contributed by atoms with van der Waals surface area (Å²) in [6.45, 7) is 0. The maximum absolute atomic E-state index is 11.7. The van der Waals surface area contributed by atoms with Crippen LogP contribution in [0.4, 0.5) is 10.5 Å². The molecule has 2 amide bonds. The molecule has 1 aliphatic rings. The fourth-order valence-electron chi connectivity index (χ4n) is 2.11. The molecule has 1 aromatic carbocycles. The minimum absolute atomic E-state index is 0.153. The van der Waals surface area contributed by atoms with Gasteiger partial charge in [-0.2, -0.15) is 0 Å². The van der Waals surface area contributed by atoms with Gasteiger partial charge in [0, 0.05) is 16.8 Å². The number of carbonyl (C=O) groups excluding carboxylic acids is 1. The van der Waals surface area contributed by atoms with E-state index in [-0.39, 0.29) is 18.2 Å². The van der Waals surface area contributed by atoms with Gasteiger partial charge in [0.15, 0.2) is 0 Å². The molecule has 1 aromatic rings. The van der Waals surface area contributed by atoms with E-state index in [1.165, 1.54) is 0 Å². The van der Waals surface area contributed by atoms with Crippen LogP contribution in [0.2, 0.25) is 5.02 Å². The number of anilines is 1. The zero-order valence-corrected chi connectivity index (χ0v) is 10.8. The Bertz CT molecular complexity index is 400. The molecular formula is C13H17ClN2O2. The molecule has 0 bridgehead atoms. The molecule has 4 nitrogen and oxygen atoms in total. The Morgan fingerprint density at radius 1 is 1.17 bits per heavy atom. The maximum Gasteiger partial charge on any atom is 0.319 e. The van der Waals surface area contributed by atoms with Crippen LogP contribution in [0.3, 0.4) is 0 Å². The van der Waals surface area contributed by atoms with Crippen LogP contribution in [0.15, 0.2) is 24.3 Å². The predicted octanol–water partition coefficient (Wildman–Crippen LogP) is 2.77. The lowest BCUT2D eigenvalue weighted by molar-refractivity contribution is 0.118. The molecule has 0 heterocycles. The second kappa shape index (κ2) is 6.07. The fraction of sp³-hybridized carbons (Fsp3) is 0.462. The summed E-state index contributed by atoms with van der Waals surface area (Å²) in [4.78, 5) is 11.7. The quantitative estimate of drug-likeness (QED) is 0.772. The molecular weight excluding hydrogens is 252 g/mol. The zero-order valence-electron chi connectivity index (χ0n) is 10.0. The van der Waals surface area contributed by atoms with Crippen molar-refractivity contribution in [2.75, 3.05) is 5.32 Å². The fourth-order valence-corrected chi connectivity index (χ4v) is 2.23. The van der Waals surface area contributed by atoms with E-state index < -0.39 is 0 Å². The van der Waals surface area contributed by atoms with Crippen molar-refractivity contribution in [3.63, 3.8) is 0 Å². The molecule has 0 atom stereocenters. The van der Waals surface area contributed by atoms with E-state index in [1.807, 2.05) is 0 Å². The van der Waals surface area contributed by atoms with E-state index >= 15 is 0 Å². The number of rotatable bonds is 2. The average molecular weight is 269 g/mol. The van der Waals surface area contributed by atoms with Crippen LogP contribution in [0.25, 0.3) is 0 Å².